The van der Waals surface area contributed by atoms with Gasteiger partial charge in [0.15, 0.2) is 0 Å². The van der Waals surface area contributed by atoms with Crippen LogP contribution in [-0.2, 0) is 16.0 Å². The fraction of sp³-hybridized carbons (Fsp3) is 0.500. The van der Waals surface area contributed by atoms with Gasteiger partial charge in [-0.05, 0) is 25.8 Å². The number of nitrogens with one attached hydrogen (secondary N) is 1. The molecule has 1 aromatic carbocycles. The van der Waals surface area contributed by atoms with Crippen LogP contribution in [0.2, 0.25) is 0 Å². The van der Waals surface area contributed by atoms with E-state index in [2.05, 4.69) is 5.32 Å². The lowest BCUT2D eigenvalue weighted by molar-refractivity contribution is -0.129. The minimum Gasteiger partial charge on any atom is -0.352 e. The van der Waals surface area contributed by atoms with Crippen LogP contribution in [0.25, 0.3) is 0 Å². The van der Waals surface area contributed by atoms with Gasteiger partial charge in [0.1, 0.15) is 0 Å². The average Bonchev–Trinajstić information content (AvgIpc) is 2.74. The molecule has 2 amide bonds. The van der Waals surface area contributed by atoms with Gasteiger partial charge >= 0.3 is 0 Å². The average molecular weight is 274 g/mol. The van der Waals surface area contributed by atoms with Crippen molar-refractivity contribution < 1.29 is 9.59 Å². The van der Waals surface area contributed by atoms with Gasteiger partial charge in [0.25, 0.3) is 0 Å². The highest BCUT2D eigenvalue weighted by molar-refractivity contribution is 5.79. The number of amides is 2. The Hall–Kier alpha value is -1.84. The van der Waals surface area contributed by atoms with Crippen LogP contribution in [0.5, 0.6) is 0 Å². The molecule has 1 fully saturated rings. The molecule has 1 heterocycles. The summed E-state index contributed by atoms with van der Waals surface area (Å²) in [6.45, 7) is 5.39. The maximum absolute atomic E-state index is 12.0. The standard InChI is InChI=1S/C16H22N2O2/c1-12-5-3-6-14(9-12)10-15(19)17-13(2)11-18-8-4-7-16(18)20/h3,5-6,9,13H,4,7-8,10-11H2,1-2H3,(H,17,19)/t13-/m0/s1. The van der Waals surface area contributed by atoms with Crippen molar-refractivity contribution in [1.29, 1.82) is 0 Å². The van der Waals surface area contributed by atoms with E-state index in [0.717, 1.165) is 24.1 Å². The fourth-order valence-corrected chi connectivity index (χ4v) is 2.61. The number of hydrogen-bond acceptors (Lipinski definition) is 2. The third kappa shape index (κ3) is 4.08. The predicted molar refractivity (Wildman–Crippen MR) is 78.3 cm³/mol. The summed E-state index contributed by atoms with van der Waals surface area (Å²) in [4.78, 5) is 25.3. The van der Waals surface area contributed by atoms with Crippen molar-refractivity contribution in [3.8, 4) is 0 Å². The number of aryl methyl sites for hydroxylation is 1. The van der Waals surface area contributed by atoms with Crippen molar-refractivity contribution in [2.45, 2.75) is 39.2 Å². The minimum atomic E-state index is -0.00522. The molecule has 0 aliphatic carbocycles. The second-order valence-corrected chi connectivity index (χ2v) is 5.58. The molecule has 1 atom stereocenters. The molecule has 1 aromatic rings. The molecule has 4 heteroatoms. The zero-order valence-corrected chi connectivity index (χ0v) is 12.2. The van der Waals surface area contributed by atoms with E-state index in [1.807, 2.05) is 43.0 Å². The van der Waals surface area contributed by atoms with Crippen LogP contribution in [0, 0.1) is 6.92 Å². The minimum absolute atomic E-state index is 0.00522. The maximum atomic E-state index is 12.0. The SMILES string of the molecule is Cc1cccc(CC(=O)N[C@@H](C)CN2CCCC2=O)c1. The Labute approximate surface area is 120 Å². The number of likely N-dealkylation sites (tertiary alicyclic amines) is 1. The topological polar surface area (TPSA) is 49.4 Å². The molecule has 0 unspecified atom stereocenters. The number of carbonyl (C=O) groups excluding carboxylic acids is 2. The summed E-state index contributed by atoms with van der Waals surface area (Å²) in [5, 5.41) is 2.96. The Morgan fingerprint density at radius 1 is 1.45 bits per heavy atom. The first-order valence-electron chi connectivity index (χ1n) is 7.17. The van der Waals surface area contributed by atoms with Gasteiger partial charge in [-0.1, -0.05) is 29.8 Å². The van der Waals surface area contributed by atoms with E-state index < -0.39 is 0 Å². The lowest BCUT2D eigenvalue weighted by atomic mass is 10.1. The molecule has 0 bridgehead atoms. The maximum Gasteiger partial charge on any atom is 0.224 e. The third-order valence-corrected chi connectivity index (χ3v) is 3.52. The zero-order chi connectivity index (χ0) is 14.5. The summed E-state index contributed by atoms with van der Waals surface area (Å²) < 4.78 is 0. The van der Waals surface area contributed by atoms with Crippen LogP contribution in [0.15, 0.2) is 24.3 Å². The predicted octanol–water partition coefficient (Wildman–Crippen LogP) is 1.66. The summed E-state index contributed by atoms with van der Waals surface area (Å²) in [7, 11) is 0. The van der Waals surface area contributed by atoms with E-state index in [1.54, 1.807) is 0 Å². The summed E-state index contributed by atoms with van der Waals surface area (Å²) in [5.74, 6) is 0.208. The van der Waals surface area contributed by atoms with Crippen LogP contribution >= 0.6 is 0 Å². The summed E-state index contributed by atoms with van der Waals surface area (Å²) in [6, 6.07) is 7.96. The van der Waals surface area contributed by atoms with Gasteiger partial charge in [0.05, 0.1) is 6.42 Å². The van der Waals surface area contributed by atoms with E-state index >= 15 is 0 Å². The second kappa shape index (κ2) is 6.55. The molecule has 0 aromatic heterocycles. The highest BCUT2D eigenvalue weighted by Gasteiger charge is 2.22. The monoisotopic (exact) mass is 274 g/mol. The van der Waals surface area contributed by atoms with Crippen LogP contribution in [0.4, 0.5) is 0 Å². The van der Waals surface area contributed by atoms with Gasteiger partial charge in [-0.25, -0.2) is 0 Å². The smallest absolute Gasteiger partial charge is 0.224 e. The first-order chi connectivity index (χ1) is 9.54. The molecule has 1 aliphatic rings. The molecule has 0 radical (unpaired) electrons. The highest BCUT2D eigenvalue weighted by Crippen LogP contribution is 2.10. The van der Waals surface area contributed by atoms with Crippen molar-refractivity contribution in [3.05, 3.63) is 35.4 Å². The van der Waals surface area contributed by atoms with Crippen molar-refractivity contribution >= 4 is 11.8 Å². The number of hydrogen-bond donors (Lipinski definition) is 1. The van der Waals surface area contributed by atoms with Crippen molar-refractivity contribution in [3.63, 3.8) is 0 Å². The van der Waals surface area contributed by atoms with Gasteiger partial charge in [0.2, 0.25) is 11.8 Å². The summed E-state index contributed by atoms with van der Waals surface area (Å²) >= 11 is 0. The number of rotatable bonds is 5. The highest BCUT2D eigenvalue weighted by atomic mass is 16.2. The first-order valence-corrected chi connectivity index (χ1v) is 7.17. The van der Waals surface area contributed by atoms with Crippen LogP contribution in [-0.4, -0.2) is 35.8 Å². The van der Waals surface area contributed by atoms with Crippen molar-refractivity contribution in [2.75, 3.05) is 13.1 Å². The Morgan fingerprint density at radius 3 is 2.90 bits per heavy atom. The van der Waals surface area contributed by atoms with Gasteiger partial charge in [0, 0.05) is 25.6 Å². The molecular weight excluding hydrogens is 252 g/mol. The van der Waals surface area contributed by atoms with Crippen LogP contribution in [0.1, 0.15) is 30.9 Å². The van der Waals surface area contributed by atoms with E-state index in [-0.39, 0.29) is 17.9 Å². The Morgan fingerprint density at radius 2 is 2.25 bits per heavy atom. The summed E-state index contributed by atoms with van der Waals surface area (Å²) in [5.41, 5.74) is 2.18. The molecular formula is C16H22N2O2. The third-order valence-electron chi connectivity index (χ3n) is 3.52. The Kier molecular flexibility index (Phi) is 4.77. The van der Waals surface area contributed by atoms with Crippen molar-refractivity contribution in [1.82, 2.24) is 10.2 Å². The second-order valence-electron chi connectivity index (χ2n) is 5.58. The normalized spacial score (nSPS) is 16.3. The molecule has 1 N–H and O–H groups in total. The lowest BCUT2D eigenvalue weighted by Crippen LogP contribution is -2.42. The van der Waals surface area contributed by atoms with E-state index in [4.69, 9.17) is 0 Å². The first kappa shape index (κ1) is 14.6. The van der Waals surface area contributed by atoms with Crippen molar-refractivity contribution in [2.24, 2.45) is 0 Å². The van der Waals surface area contributed by atoms with Gasteiger partial charge in [-0.3, -0.25) is 9.59 Å². The fourth-order valence-electron chi connectivity index (χ4n) is 2.61. The Balaban J connectivity index is 1.80. The van der Waals surface area contributed by atoms with E-state index in [1.165, 1.54) is 0 Å². The molecule has 1 aliphatic heterocycles. The van der Waals surface area contributed by atoms with Gasteiger partial charge < -0.3 is 10.2 Å². The largest absolute Gasteiger partial charge is 0.352 e. The number of nitrogens with zero attached hydrogens (tertiary/aromatic N) is 1. The molecule has 20 heavy (non-hydrogen) atoms. The lowest BCUT2D eigenvalue weighted by Gasteiger charge is -2.21. The van der Waals surface area contributed by atoms with Crippen LogP contribution < -0.4 is 5.32 Å². The number of benzene rings is 1. The van der Waals surface area contributed by atoms with Crippen LogP contribution in [0.3, 0.4) is 0 Å². The molecule has 2 rings (SSSR count). The molecule has 0 spiro atoms. The van der Waals surface area contributed by atoms with Gasteiger partial charge in [-0.15, -0.1) is 0 Å². The number of carbonyl (C=O) groups is 2. The van der Waals surface area contributed by atoms with E-state index in [9.17, 15) is 9.59 Å². The van der Waals surface area contributed by atoms with E-state index in [0.29, 0.717) is 19.4 Å². The Bertz CT molecular complexity index is 499. The summed E-state index contributed by atoms with van der Waals surface area (Å²) in [6.07, 6.45) is 1.96. The quantitative estimate of drug-likeness (QED) is 0.888. The molecule has 1 saturated heterocycles. The molecule has 4 nitrogen and oxygen atoms in total. The zero-order valence-electron chi connectivity index (χ0n) is 12.2. The molecule has 108 valence electrons. The van der Waals surface area contributed by atoms with Gasteiger partial charge in [-0.2, -0.15) is 0 Å². The molecule has 0 saturated carbocycles.